The Morgan fingerprint density at radius 1 is 1.37 bits per heavy atom. The summed E-state index contributed by atoms with van der Waals surface area (Å²) >= 11 is 0. The number of carbonyl (C=O) groups is 2. The Bertz CT molecular complexity index is 449. The minimum Gasteiger partial charge on any atom is -0.481 e. The molecular formula is C13H18N2O4. The first-order valence-electron chi connectivity index (χ1n) is 5.93. The van der Waals surface area contributed by atoms with Gasteiger partial charge in [-0.1, -0.05) is 0 Å². The van der Waals surface area contributed by atoms with E-state index in [1.165, 1.54) is 6.20 Å². The third-order valence-electron chi connectivity index (χ3n) is 2.07. The van der Waals surface area contributed by atoms with Gasteiger partial charge in [0.1, 0.15) is 5.60 Å². The summed E-state index contributed by atoms with van der Waals surface area (Å²) in [4.78, 5) is 26.0. The van der Waals surface area contributed by atoms with Crippen molar-refractivity contribution in [2.45, 2.75) is 39.2 Å². The lowest BCUT2D eigenvalue weighted by atomic mass is 10.2. The van der Waals surface area contributed by atoms with Crippen LogP contribution in [-0.2, 0) is 16.0 Å². The molecule has 0 saturated heterocycles. The van der Waals surface area contributed by atoms with E-state index in [0.717, 1.165) is 0 Å². The number of aryl methyl sites for hydroxylation is 1. The minimum absolute atomic E-state index is 0.0336. The highest BCUT2D eigenvalue weighted by molar-refractivity contribution is 5.84. The van der Waals surface area contributed by atoms with Crippen LogP contribution in [0.2, 0.25) is 0 Å². The molecule has 1 aromatic rings. The third-order valence-corrected chi connectivity index (χ3v) is 2.07. The number of hydrogen-bond donors (Lipinski definition) is 2. The Kier molecular flexibility index (Phi) is 4.86. The average Bonchev–Trinajstić information content (AvgIpc) is 2.25. The van der Waals surface area contributed by atoms with Crippen LogP contribution < -0.4 is 5.32 Å². The molecule has 0 atom stereocenters. The number of nitrogens with zero attached hydrogens (tertiary/aromatic N) is 1. The second-order valence-corrected chi connectivity index (χ2v) is 5.06. The van der Waals surface area contributed by atoms with E-state index in [2.05, 4.69) is 10.3 Å². The van der Waals surface area contributed by atoms with Crippen LogP contribution in [0.5, 0.6) is 0 Å². The number of carboxylic acids is 1. The number of hydrogen-bond acceptors (Lipinski definition) is 4. The lowest BCUT2D eigenvalue weighted by Crippen LogP contribution is -2.27. The number of amides is 1. The van der Waals surface area contributed by atoms with Gasteiger partial charge < -0.3 is 9.84 Å². The molecule has 0 radical (unpaired) electrons. The minimum atomic E-state index is -0.863. The lowest BCUT2D eigenvalue weighted by molar-refractivity contribution is -0.136. The maximum atomic E-state index is 11.5. The van der Waals surface area contributed by atoms with Gasteiger partial charge >= 0.3 is 12.1 Å². The lowest BCUT2D eigenvalue weighted by Gasteiger charge is -2.19. The summed E-state index contributed by atoms with van der Waals surface area (Å²) in [5.74, 6) is -0.863. The highest BCUT2D eigenvalue weighted by Gasteiger charge is 2.16. The van der Waals surface area contributed by atoms with Crippen LogP contribution in [0.15, 0.2) is 18.3 Å². The van der Waals surface area contributed by atoms with Crippen LogP contribution in [0.3, 0.4) is 0 Å². The molecule has 0 aliphatic heterocycles. The van der Waals surface area contributed by atoms with Gasteiger partial charge in [0.15, 0.2) is 0 Å². The van der Waals surface area contributed by atoms with E-state index < -0.39 is 17.7 Å². The molecule has 19 heavy (non-hydrogen) atoms. The van der Waals surface area contributed by atoms with Crippen LogP contribution in [0.25, 0.3) is 0 Å². The molecule has 0 unspecified atom stereocenters. The molecule has 0 saturated carbocycles. The molecule has 2 N–H and O–H groups in total. The van der Waals surface area contributed by atoms with Crippen LogP contribution >= 0.6 is 0 Å². The van der Waals surface area contributed by atoms with Crippen molar-refractivity contribution in [3.8, 4) is 0 Å². The van der Waals surface area contributed by atoms with E-state index in [9.17, 15) is 9.59 Å². The molecule has 6 nitrogen and oxygen atoms in total. The van der Waals surface area contributed by atoms with Crippen molar-refractivity contribution in [2.75, 3.05) is 5.32 Å². The number of aliphatic carboxylic acids is 1. The van der Waals surface area contributed by atoms with Gasteiger partial charge in [0.25, 0.3) is 0 Å². The quantitative estimate of drug-likeness (QED) is 0.873. The van der Waals surface area contributed by atoms with Gasteiger partial charge in [0.05, 0.1) is 18.3 Å². The SMILES string of the molecule is CC(C)(C)OC(=O)Nc1ccc(CCC(=O)O)nc1. The molecule has 0 aliphatic carbocycles. The summed E-state index contributed by atoms with van der Waals surface area (Å²) in [6, 6.07) is 3.34. The van der Waals surface area contributed by atoms with E-state index in [4.69, 9.17) is 9.84 Å². The van der Waals surface area contributed by atoms with Crippen LogP contribution in [0.4, 0.5) is 10.5 Å². The number of pyridine rings is 1. The van der Waals surface area contributed by atoms with Gasteiger partial charge in [0, 0.05) is 12.1 Å². The Hall–Kier alpha value is -2.11. The first kappa shape index (κ1) is 14.9. The maximum absolute atomic E-state index is 11.5. The molecular weight excluding hydrogens is 248 g/mol. The number of anilines is 1. The number of aromatic nitrogens is 1. The second-order valence-electron chi connectivity index (χ2n) is 5.06. The number of carbonyl (C=O) groups excluding carboxylic acids is 1. The summed E-state index contributed by atoms with van der Waals surface area (Å²) < 4.78 is 5.10. The van der Waals surface area contributed by atoms with E-state index >= 15 is 0 Å². The van der Waals surface area contributed by atoms with E-state index in [0.29, 0.717) is 17.8 Å². The normalized spacial score (nSPS) is 10.9. The fraction of sp³-hybridized carbons (Fsp3) is 0.462. The summed E-state index contributed by atoms with van der Waals surface area (Å²) in [6.07, 6.45) is 1.32. The number of ether oxygens (including phenoxy) is 1. The molecule has 104 valence electrons. The number of rotatable bonds is 4. The Morgan fingerprint density at radius 2 is 2.05 bits per heavy atom. The first-order valence-corrected chi connectivity index (χ1v) is 5.93. The average molecular weight is 266 g/mol. The summed E-state index contributed by atoms with van der Waals surface area (Å²) in [6.45, 7) is 5.33. The van der Waals surface area contributed by atoms with E-state index in [-0.39, 0.29) is 6.42 Å². The summed E-state index contributed by atoms with van der Waals surface area (Å²) in [5, 5.41) is 11.1. The van der Waals surface area contributed by atoms with Crippen molar-refractivity contribution >= 4 is 17.7 Å². The highest BCUT2D eigenvalue weighted by Crippen LogP contribution is 2.11. The zero-order valence-electron chi connectivity index (χ0n) is 11.3. The summed E-state index contributed by atoms with van der Waals surface area (Å²) in [7, 11) is 0. The molecule has 0 bridgehead atoms. The Balaban J connectivity index is 2.52. The molecule has 0 fully saturated rings. The first-order chi connectivity index (χ1) is 8.76. The van der Waals surface area contributed by atoms with Crippen LogP contribution in [0, 0.1) is 0 Å². The maximum Gasteiger partial charge on any atom is 0.412 e. The molecule has 1 heterocycles. The van der Waals surface area contributed by atoms with E-state index in [1.807, 2.05) is 0 Å². The van der Waals surface area contributed by atoms with Gasteiger partial charge in [-0.05, 0) is 32.9 Å². The van der Waals surface area contributed by atoms with Gasteiger partial charge in [-0.15, -0.1) is 0 Å². The largest absolute Gasteiger partial charge is 0.481 e. The number of carboxylic acid groups (broad SMARTS) is 1. The Morgan fingerprint density at radius 3 is 2.53 bits per heavy atom. The van der Waals surface area contributed by atoms with Gasteiger partial charge in [0.2, 0.25) is 0 Å². The van der Waals surface area contributed by atoms with Crippen molar-refractivity contribution in [1.82, 2.24) is 4.98 Å². The van der Waals surface area contributed by atoms with E-state index in [1.54, 1.807) is 32.9 Å². The van der Waals surface area contributed by atoms with Crippen molar-refractivity contribution < 1.29 is 19.4 Å². The van der Waals surface area contributed by atoms with Gasteiger partial charge in [-0.25, -0.2) is 4.79 Å². The van der Waals surface area contributed by atoms with Crippen molar-refractivity contribution in [3.05, 3.63) is 24.0 Å². The molecule has 0 aromatic carbocycles. The molecule has 1 rings (SSSR count). The van der Waals surface area contributed by atoms with Crippen molar-refractivity contribution in [2.24, 2.45) is 0 Å². The van der Waals surface area contributed by atoms with Crippen molar-refractivity contribution in [3.63, 3.8) is 0 Å². The highest BCUT2D eigenvalue weighted by atomic mass is 16.6. The third kappa shape index (κ3) is 6.40. The second kappa shape index (κ2) is 6.17. The fourth-order valence-electron chi connectivity index (χ4n) is 1.30. The van der Waals surface area contributed by atoms with Crippen LogP contribution in [-0.4, -0.2) is 27.8 Å². The number of nitrogens with one attached hydrogen (secondary N) is 1. The van der Waals surface area contributed by atoms with Gasteiger partial charge in [-0.2, -0.15) is 0 Å². The fourth-order valence-corrected chi connectivity index (χ4v) is 1.30. The molecule has 1 aromatic heterocycles. The Labute approximate surface area is 111 Å². The van der Waals surface area contributed by atoms with Gasteiger partial charge in [-0.3, -0.25) is 15.1 Å². The predicted molar refractivity (Wildman–Crippen MR) is 70.1 cm³/mol. The molecule has 0 spiro atoms. The van der Waals surface area contributed by atoms with Crippen molar-refractivity contribution in [1.29, 1.82) is 0 Å². The topological polar surface area (TPSA) is 88.5 Å². The monoisotopic (exact) mass is 266 g/mol. The standard InChI is InChI=1S/C13H18N2O4/c1-13(2,3)19-12(18)15-10-5-4-9(14-8-10)6-7-11(16)17/h4-5,8H,6-7H2,1-3H3,(H,15,18)(H,16,17). The molecule has 1 amide bonds. The molecule has 6 heteroatoms. The summed E-state index contributed by atoms with van der Waals surface area (Å²) in [5.41, 5.74) is 0.615. The molecule has 0 aliphatic rings. The smallest absolute Gasteiger partial charge is 0.412 e. The zero-order valence-corrected chi connectivity index (χ0v) is 11.3. The predicted octanol–water partition coefficient (Wildman–Crippen LogP) is 2.45. The van der Waals surface area contributed by atoms with Crippen LogP contribution in [0.1, 0.15) is 32.9 Å². The zero-order chi connectivity index (χ0) is 14.5.